The molecule has 8 rings (SSSR count). The number of unbranched alkanes of at least 4 members (excludes halogenated alkanes) is 1. The van der Waals surface area contributed by atoms with E-state index in [0.29, 0.717) is 0 Å². The summed E-state index contributed by atoms with van der Waals surface area (Å²) in [6, 6.07) is 0. The number of aliphatic hydroxyl groups excluding tert-OH is 1. The average molecular weight is 851 g/mol. The van der Waals surface area contributed by atoms with E-state index in [1.807, 2.05) is 74.2 Å². The van der Waals surface area contributed by atoms with Crippen LogP contribution in [0.25, 0.3) is 44.1 Å². The molecule has 14 heteroatoms. The fourth-order valence-electron chi connectivity index (χ4n) is 6.43. The Morgan fingerprint density at radius 3 is 0.726 bits per heavy atom. The molecular formula is C48H74N12O2. The number of hydrogen-bond donors (Lipinski definition) is 1. The van der Waals surface area contributed by atoms with E-state index in [2.05, 4.69) is 120 Å². The largest absolute Gasteiger partial charge is 0.397 e. The molecule has 0 unspecified atom stereocenters. The number of aryl methyl sites for hydroxylation is 12. The van der Waals surface area contributed by atoms with Crippen molar-refractivity contribution < 1.29 is 9.90 Å². The Bertz CT molecular complexity index is 2230. The highest BCUT2D eigenvalue weighted by atomic mass is 16.2. The van der Waals surface area contributed by atoms with Crippen LogP contribution < -0.4 is 0 Å². The van der Waals surface area contributed by atoms with Crippen molar-refractivity contribution in [3.05, 3.63) is 95.1 Å². The van der Waals surface area contributed by atoms with E-state index in [0.717, 1.165) is 45.4 Å². The minimum atomic E-state index is 0.167. The first-order chi connectivity index (χ1) is 29.3. The van der Waals surface area contributed by atoms with Gasteiger partial charge in [0.1, 0.15) is 53.7 Å². The van der Waals surface area contributed by atoms with Crippen LogP contribution in [0.4, 0.5) is 0 Å². The van der Waals surface area contributed by atoms with Crippen LogP contribution in [0.3, 0.4) is 0 Å². The third-order valence-electron chi connectivity index (χ3n) is 9.03. The monoisotopic (exact) mass is 851 g/mol. The van der Waals surface area contributed by atoms with Gasteiger partial charge in [0.25, 0.3) is 0 Å². The smallest absolute Gasteiger partial charge is 0.143 e. The summed E-state index contributed by atoms with van der Waals surface area (Å²) in [5.41, 5.74) is 13.2. The van der Waals surface area contributed by atoms with Gasteiger partial charge in [-0.25, -0.2) is 39.9 Å². The van der Waals surface area contributed by atoms with Crippen LogP contribution in [-0.2, 0) is 33.0 Å². The molecule has 0 aliphatic rings. The van der Waals surface area contributed by atoms with Crippen LogP contribution in [0.1, 0.15) is 113 Å². The zero-order valence-corrected chi connectivity index (χ0v) is 41.2. The molecule has 14 nitrogen and oxygen atoms in total. The predicted molar refractivity (Wildman–Crippen MR) is 258 cm³/mol. The summed E-state index contributed by atoms with van der Waals surface area (Å²) in [5, 5.41) is 12.3. The van der Waals surface area contributed by atoms with Crippen LogP contribution in [0, 0.1) is 55.4 Å². The lowest BCUT2D eigenvalue weighted by atomic mass is 10.2. The molecule has 0 radical (unpaired) electrons. The summed E-state index contributed by atoms with van der Waals surface area (Å²) in [4.78, 5) is 42.9. The van der Waals surface area contributed by atoms with Gasteiger partial charge in [-0.15, -0.1) is 0 Å². The van der Waals surface area contributed by atoms with Gasteiger partial charge in [0.15, 0.2) is 0 Å². The van der Waals surface area contributed by atoms with Gasteiger partial charge in [-0.3, -0.25) is 0 Å². The minimum absolute atomic E-state index is 0.167. The molecule has 0 saturated heterocycles. The molecule has 0 aliphatic heterocycles. The summed E-state index contributed by atoms with van der Waals surface area (Å²) < 4.78 is 8.11. The lowest BCUT2D eigenvalue weighted by molar-refractivity contribution is -0.115. The molecule has 338 valence electrons. The summed E-state index contributed by atoms with van der Waals surface area (Å²) in [6.45, 7) is 30.0. The van der Waals surface area contributed by atoms with Crippen LogP contribution in [0.2, 0.25) is 0 Å². The maximum atomic E-state index is 9.44. The van der Waals surface area contributed by atoms with Crippen molar-refractivity contribution >= 4 is 49.9 Å². The highest BCUT2D eigenvalue weighted by molar-refractivity contribution is 5.84. The van der Waals surface area contributed by atoms with E-state index in [1.54, 1.807) is 32.2 Å². The molecular weight excluding hydrogens is 777 g/mol. The number of rotatable bonds is 1. The van der Waals surface area contributed by atoms with E-state index in [4.69, 9.17) is 5.11 Å². The maximum absolute atomic E-state index is 9.44. The number of carbonyl (C=O) groups excluding carboxylic acids is 1. The predicted octanol–water partition coefficient (Wildman–Crippen LogP) is 10.2. The summed E-state index contributed by atoms with van der Waals surface area (Å²) in [6.07, 6.45) is 18.6. The molecule has 8 heterocycles. The van der Waals surface area contributed by atoms with Gasteiger partial charge >= 0.3 is 0 Å². The number of aliphatic hydroxyl groups is 1. The van der Waals surface area contributed by atoms with Crippen LogP contribution in [0.15, 0.2) is 50.1 Å². The molecule has 0 bridgehead atoms. The average Bonchev–Trinajstić information content (AvgIpc) is 3.89. The second-order valence-corrected chi connectivity index (χ2v) is 15.3. The van der Waals surface area contributed by atoms with Gasteiger partial charge in [-0.2, -0.15) is 0 Å². The Labute approximate surface area is 370 Å². The number of ketones is 1. The Balaban J connectivity index is 0.000000375. The fraction of sp³-hybridized carbons (Fsp3) is 0.479. The van der Waals surface area contributed by atoms with Crippen LogP contribution in [0.5, 0.6) is 0 Å². The van der Waals surface area contributed by atoms with E-state index < -0.39 is 0 Å². The minimum Gasteiger partial charge on any atom is -0.397 e. The molecule has 0 saturated carbocycles. The van der Waals surface area contributed by atoms with Gasteiger partial charge in [0.05, 0.1) is 22.8 Å². The van der Waals surface area contributed by atoms with Gasteiger partial charge in [-0.1, -0.05) is 47.0 Å². The second kappa shape index (κ2) is 27.1. The van der Waals surface area contributed by atoms with Crippen molar-refractivity contribution in [2.24, 2.45) is 28.2 Å². The third-order valence-corrected chi connectivity index (χ3v) is 9.03. The van der Waals surface area contributed by atoms with Crippen molar-refractivity contribution in [3.63, 3.8) is 0 Å². The molecule has 0 aliphatic carbocycles. The van der Waals surface area contributed by atoms with Crippen LogP contribution >= 0.6 is 0 Å². The highest BCUT2D eigenvalue weighted by Crippen LogP contribution is 2.22. The van der Waals surface area contributed by atoms with Gasteiger partial charge < -0.3 is 28.2 Å². The zero-order valence-electron chi connectivity index (χ0n) is 41.2. The lowest BCUT2D eigenvalue weighted by Gasteiger charge is -1.95. The number of Topliss-reactive ketones (excluding diaryl/α,β-unsaturated/α-hetero) is 1. The van der Waals surface area contributed by atoms with Crippen molar-refractivity contribution in [3.8, 4) is 0 Å². The first-order valence-electron chi connectivity index (χ1n) is 21.3. The summed E-state index contributed by atoms with van der Waals surface area (Å²) in [5.74, 6) is 0.167. The van der Waals surface area contributed by atoms with Crippen molar-refractivity contribution in [2.75, 3.05) is 6.61 Å². The Morgan fingerprint density at radius 1 is 0.435 bits per heavy atom. The highest BCUT2D eigenvalue weighted by Gasteiger charge is 2.09. The normalized spacial score (nSPS) is 9.94. The lowest BCUT2D eigenvalue weighted by Crippen LogP contribution is -1.90. The van der Waals surface area contributed by atoms with E-state index >= 15 is 0 Å². The third kappa shape index (κ3) is 15.5. The number of fused-ring (bicyclic) bond motifs is 4. The second-order valence-electron chi connectivity index (χ2n) is 15.3. The first-order valence-corrected chi connectivity index (χ1v) is 21.3. The van der Waals surface area contributed by atoms with Gasteiger partial charge in [0.2, 0.25) is 0 Å². The van der Waals surface area contributed by atoms with Gasteiger partial charge in [0, 0.05) is 81.1 Å². The van der Waals surface area contributed by atoms with Crippen molar-refractivity contribution in [2.45, 2.75) is 123 Å². The van der Waals surface area contributed by atoms with Crippen LogP contribution in [-0.4, -0.2) is 75.6 Å². The molecule has 0 fully saturated rings. The number of nitrogens with zero attached hydrogens (tertiary/aromatic N) is 12. The first kappa shape index (κ1) is 54.1. The Kier molecular flexibility index (Phi) is 23.7. The fourth-order valence-corrected chi connectivity index (χ4v) is 6.43. The van der Waals surface area contributed by atoms with E-state index in [-0.39, 0.29) is 12.4 Å². The van der Waals surface area contributed by atoms with Gasteiger partial charge in [-0.05, 0) is 98.4 Å². The number of aromatic nitrogens is 12. The Hall–Kier alpha value is -5.89. The van der Waals surface area contributed by atoms with Crippen molar-refractivity contribution in [1.82, 2.24) is 58.1 Å². The standard InChI is InChI=1S/4C9H11N3.C4H10.C3H6O.C3H8.C2H6O/c4*1-6-4-12(3)9-8(6)7(2)10-5-11-9;1-3-4-2;1-3(2)4;1-3-2;1-2-3/h4*4-5H,1-3H3;3-4H2,1-2H3;1-2H3;3H2,1-2H3;3H,2H2,1H3. The van der Waals surface area contributed by atoms with E-state index in [9.17, 15) is 4.79 Å². The SMILES string of the molecule is CC(C)=O.CCC.CCCC.CCO.Cc1cn(C)c2ncnc(C)c12.Cc1cn(C)c2ncnc(C)c12.Cc1cn(C)c2ncnc(C)c12.Cc1cn(C)c2ncnc(C)c12. The topological polar surface area (TPSA) is 160 Å². The molecule has 0 atom stereocenters. The van der Waals surface area contributed by atoms with E-state index in [1.165, 1.54) is 76.9 Å². The zero-order chi connectivity index (χ0) is 47.3. The quantitative estimate of drug-likeness (QED) is 0.168. The number of carbonyl (C=O) groups is 1. The molecule has 0 aromatic carbocycles. The summed E-state index contributed by atoms with van der Waals surface area (Å²) >= 11 is 0. The Morgan fingerprint density at radius 2 is 0.597 bits per heavy atom. The molecule has 1 N–H and O–H groups in total. The maximum Gasteiger partial charge on any atom is 0.143 e. The molecule has 0 spiro atoms. The molecule has 8 aromatic rings. The van der Waals surface area contributed by atoms with Crippen molar-refractivity contribution in [1.29, 1.82) is 0 Å². The number of hydrogen-bond acceptors (Lipinski definition) is 10. The molecule has 62 heavy (non-hydrogen) atoms. The molecule has 8 aromatic heterocycles. The summed E-state index contributed by atoms with van der Waals surface area (Å²) in [7, 11) is 8.01. The molecule has 0 amide bonds.